The Morgan fingerprint density at radius 3 is 1.84 bits per heavy atom. The molecule has 0 aliphatic heterocycles. The highest BCUT2D eigenvalue weighted by atomic mass is 32.2. The lowest BCUT2D eigenvalue weighted by atomic mass is 9.97. The van der Waals surface area contributed by atoms with E-state index in [9.17, 15) is 35.3 Å². The molecule has 0 bridgehead atoms. The molecule has 0 N–H and O–H groups in total. The van der Waals surface area contributed by atoms with Gasteiger partial charge < -0.3 is 9.29 Å². The largest absolute Gasteiger partial charge is 0.748 e. The third-order valence-corrected chi connectivity index (χ3v) is 2.61. The minimum absolute atomic E-state index is 1.16. The van der Waals surface area contributed by atoms with Crippen LogP contribution in [0.15, 0.2) is 0 Å². The molecule has 10 heteroatoms. The minimum atomic E-state index is -5.55. The number of carbonyl (C=O) groups is 1. The molecule has 0 saturated heterocycles. The van der Waals surface area contributed by atoms with E-state index in [-0.39, 0.29) is 0 Å². The molecule has 0 spiro atoms. The molecule has 0 atom stereocenters. The SMILES string of the molecule is CC(C)(C)C(=O)OCC(F)(F)C(F)(F)CS(=O)(=O)[O-]. The number of hydrogen-bond acceptors (Lipinski definition) is 5. The maximum atomic E-state index is 13.0. The number of alkyl halides is 4. The Balaban J connectivity index is 4.84. The molecule has 0 saturated carbocycles. The van der Waals surface area contributed by atoms with Crippen LogP contribution in [-0.2, 0) is 19.6 Å². The van der Waals surface area contributed by atoms with Crippen LogP contribution in [-0.4, -0.2) is 43.1 Å². The minimum Gasteiger partial charge on any atom is -0.748 e. The first-order valence-electron chi connectivity index (χ1n) is 4.95. The van der Waals surface area contributed by atoms with Crippen molar-refractivity contribution in [2.24, 2.45) is 5.41 Å². The van der Waals surface area contributed by atoms with E-state index in [2.05, 4.69) is 4.74 Å². The van der Waals surface area contributed by atoms with Crippen LogP contribution in [0.25, 0.3) is 0 Å². The molecule has 0 heterocycles. The maximum absolute atomic E-state index is 13.0. The van der Waals surface area contributed by atoms with Crippen molar-refractivity contribution in [1.29, 1.82) is 0 Å². The molecular formula is C9H13F4O5S-. The second kappa shape index (κ2) is 5.23. The number of carbonyl (C=O) groups excluding carboxylic acids is 1. The zero-order valence-electron chi connectivity index (χ0n) is 10.4. The Bertz CT molecular complexity index is 438. The first-order valence-corrected chi connectivity index (χ1v) is 6.53. The van der Waals surface area contributed by atoms with Crippen molar-refractivity contribution in [2.45, 2.75) is 32.6 Å². The molecule has 5 nitrogen and oxygen atoms in total. The van der Waals surface area contributed by atoms with Crippen molar-refractivity contribution >= 4 is 16.1 Å². The average molecular weight is 309 g/mol. The molecule has 114 valence electrons. The topological polar surface area (TPSA) is 83.5 Å². The fourth-order valence-corrected chi connectivity index (χ4v) is 1.46. The summed E-state index contributed by atoms with van der Waals surface area (Å²) < 4.78 is 86.3. The van der Waals surface area contributed by atoms with Gasteiger partial charge in [-0.1, -0.05) is 0 Å². The lowest BCUT2D eigenvalue weighted by Crippen LogP contribution is -2.49. The van der Waals surface area contributed by atoms with Gasteiger partial charge in [0.25, 0.3) is 0 Å². The maximum Gasteiger partial charge on any atom is 0.344 e. The molecule has 0 fully saturated rings. The highest BCUT2D eigenvalue weighted by Crippen LogP contribution is 2.36. The Hall–Kier alpha value is -0.900. The molecule has 0 aliphatic carbocycles. The van der Waals surface area contributed by atoms with Gasteiger partial charge in [-0.3, -0.25) is 4.79 Å². The highest BCUT2D eigenvalue weighted by Gasteiger charge is 2.58. The highest BCUT2D eigenvalue weighted by molar-refractivity contribution is 7.85. The van der Waals surface area contributed by atoms with Gasteiger partial charge in [0.2, 0.25) is 0 Å². The Morgan fingerprint density at radius 1 is 1.11 bits per heavy atom. The van der Waals surface area contributed by atoms with Gasteiger partial charge in [0.05, 0.1) is 5.41 Å². The normalized spacial score (nSPS) is 14.3. The van der Waals surface area contributed by atoms with Crippen LogP contribution >= 0.6 is 0 Å². The molecule has 0 rings (SSSR count). The van der Waals surface area contributed by atoms with Crippen LogP contribution in [0.1, 0.15) is 20.8 Å². The summed E-state index contributed by atoms with van der Waals surface area (Å²) in [4.78, 5) is 11.1. The van der Waals surface area contributed by atoms with Gasteiger partial charge in [0, 0.05) is 0 Å². The summed E-state index contributed by atoms with van der Waals surface area (Å²) in [6, 6.07) is 0. The van der Waals surface area contributed by atoms with Crippen molar-refractivity contribution in [3.8, 4) is 0 Å². The predicted molar refractivity (Wildman–Crippen MR) is 54.9 cm³/mol. The lowest BCUT2D eigenvalue weighted by molar-refractivity contribution is -0.223. The smallest absolute Gasteiger partial charge is 0.344 e. The first-order chi connectivity index (χ1) is 8.08. The van der Waals surface area contributed by atoms with E-state index in [0.29, 0.717) is 0 Å². The van der Waals surface area contributed by atoms with Crippen LogP contribution in [0.4, 0.5) is 17.6 Å². The van der Waals surface area contributed by atoms with Crippen molar-refractivity contribution in [2.75, 3.05) is 12.4 Å². The van der Waals surface area contributed by atoms with E-state index in [0.717, 1.165) is 0 Å². The monoisotopic (exact) mass is 309 g/mol. The number of ether oxygens (including phenoxy) is 1. The number of esters is 1. The summed E-state index contributed by atoms with van der Waals surface area (Å²) >= 11 is 0. The summed E-state index contributed by atoms with van der Waals surface area (Å²) in [5, 5.41) is 0. The quantitative estimate of drug-likeness (QED) is 0.435. The van der Waals surface area contributed by atoms with Crippen molar-refractivity contribution in [1.82, 2.24) is 0 Å². The lowest BCUT2D eigenvalue weighted by Gasteiger charge is -2.28. The van der Waals surface area contributed by atoms with Gasteiger partial charge in [-0.2, -0.15) is 17.6 Å². The van der Waals surface area contributed by atoms with Crippen LogP contribution in [0, 0.1) is 5.41 Å². The Labute approximate surface area is 107 Å². The van der Waals surface area contributed by atoms with Gasteiger partial charge in [-0.15, -0.1) is 0 Å². The Morgan fingerprint density at radius 2 is 1.53 bits per heavy atom. The van der Waals surface area contributed by atoms with Crippen molar-refractivity contribution in [3.63, 3.8) is 0 Å². The van der Waals surface area contributed by atoms with Crippen LogP contribution in [0.2, 0.25) is 0 Å². The molecule has 0 aromatic heterocycles. The fraction of sp³-hybridized carbons (Fsp3) is 0.889. The number of hydrogen-bond donors (Lipinski definition) is 0. The molecule has 0 amide bonds. The summed E-state index contributed by atoms with van der Waals surface area (Å²) in [6.07, 6.45) is 0. The third kappa shape index (κ3) is 5.72. The molecular weight excluding hydrogens is 296 g/mol. The van der Waals surface area contributed by atoms with Crippen molar-refractivity contribution in [3.05, 3.63) is 0 Å². The standard InChI is InChI=1S/C9H14F4O5S/c1-7(2,3)6(14)18-4-8(10,11)9(12,13)5-19(15,16)17/h4-5H2,1-3H3,(H,15,16,17)/p-1. The van der Waals surface area contributed by atoms with Gasteiger partial charge in [0.15, 0.2) is 6.61 Å². The molecule has 0 aromatic carbocycles. The Kier molecular flexibility index (Phi) is 4.99. The predicted octanol–water partition coefficient (Wildman–Crippen LogP) is 1.39. The summed E-state index contributed by atoms with van der Waals surface area (Å²) in [6.45, 7) is 1.93. The second-order valence-corrected chi connectivity index (χ2v) is 6.34. The van der Waals surface area contributed by atoms with Crippen LogP contribution in [0.5, 0.6) is 0 Å². The number of rotatable bonds is 5. The second-order valence-electron chi connectivity index (χ2n) is 4.94. The molecule has 0 unspecified atom stereocenters. The zero-order valence-corrected chi connectivity index (χ0v) is 11.2. The fourth-order valence-electron chi connectivity index (χ4n) is 0.806. The summed E-state index contributed by atoms with van der Waals surface area (Å²) in [5.41, 5.74) is -1.18. The van der Waals surface area contributed by atoms with Crippen molar-refractivity contribution < 1.29 is 40.1 Å². The van der Waals surface area contributed by atoms with Gasteiger partial charge in [0.1, 0.15) is 15.9 Å². The third-order valence-electron chi connectivity index (χ3n) is 1.89. The zero-order chi connectivity index (χ0) is 15.7. The van der Waals surface area contributed by atoms with E-state index in [4.69, 9.17) is 0 Å². The van der Waals surface area contributed by atoms with E-state index in [1.54, 1.807) is 0 Å². The van der Waals surface area contributed by atoms with Crippen LogP contribution < -0.4 is 0 Å². The molecule has 0 radical (unpaired) electrons. The van der Waals surface area contributed by atoms with Gasteiger partial charge >= 0.3 is 17.8 Å². The van der Waals surface area contributed by atoms with Gasteiger partial charge in [-0.25, -0.2) is 8.42 Å². The summed E-state index contributed by atoms with van der Waals surface area (Å²) in [7, 11) is -5.55. The average Bonchev–Trinajstić information content (AvgIpc) is 2.08. The van der Waals surface area contributed by atoms with E-state index >= 15 is 0 Å². The van der Waals surface area contributed by atoms with Crippen LogP contribution in [0.3, 0.4) is 0 Å². The molecule has 0 aromatic rings. The number of halogens is 4. The molecule has 0 aliphatic rings. The summed E-state index contributed by atoms with van der Waals surface area (Å²) in [5.74, 6) is -13.8. The van der Waals surface area contributed by atoms with E-state index in [1.807, 2.05) is 0 Å². The van der Waals surface area contributed by atoms with Gasteiger partial charge in [-0.05, 0) is 20.8 Å². The molecule has 19 heavy (non-hydrogen) atoms. The van der Waals surface area contributed by atoms with E-state index in [1.165, 1.54) is 20.8 Å². The van der Waals surface area contributed by atoms with E-state index < -0.39 is 45.7 Å². The first kappa shape index (κ1) is 18.1.